The smallest absolute Gasteiger partial charge is 0.406 e. The van der Waals surface area contributed by atoms with Crippen LogP contribution in [-0.4, -0.2) is 32.6 Å². The molecule has 1 aromatic heterocycles. The summed E-state index contributed by atoms with van der Waals surface area (Å²) in [7, 11) is 0. The van der Waals surface area contributed by atoms with E-state index in [0.717, 1.165) is 10.6 Å². The van der Waals surface area contributed by atoms with E-state index in [-0.39, 0.29) is 16.2 Å². The van der Waals surface area contributed by atoms with E-state index in [9.17, 15) is 22.4 Å². The zero-order valence-corrected chi connectivity index (χ0v) is 10.6. The summed E-state index contributed by atoms with van der Waals surface area (Å²) in [4.78, 5) is 14.3. The topological polar surface area (TPSA) is 55.1 Å². The van der Waals surface area contributed by atoms with Gasteiger partial charge in [0.25, 0.3) is 0 Å². The second kappa shape index (κ2) is 5.31. The predicted molar refractivity (Wildman–Crippen MR) is 64.1 cm³/mol. The van der Waals surface area contributed by atoms with Gasteiger partial charge >= 0.3 is 12.1 Å². The molecule has 0 bridgehead atoms. The lowest BCUT2D eigenvalue weighted by molar-refractivity contribution is -0.141. The molecule has 0 aliphatic rings. The molecule has 0 aliphatic carbocycles. The molecule has 0 spiro atoms. The zero-order valence-electron chi connectivity index (χ0n) is 9.82. The van der Waals surface area contributed by atoms with Crippen molar-refractivity contribution >= 4 is 28.8 Å². The molecule has 0 fully saturated rings. The minimum absolute atomic E-state index is 0.0183. The maximum absolute atomic E-state index is 13.5. The van der Waals surface area contributed by atoms with Crippen LogP contribution in [0.15, 0.2) is 23.4 Å². The van der Waals surface area contributed by atoms with Crippen LogP contribution >= 0.6 is 11.8 Å². The number of hydrogen-bond acceptors (Lipinski definition) is 3. The van der Waals surface area contributed by atoms with Crippen LogP contribution in [0.4, 0.5) is 17.6 Å². The highest BCUT2D eigenvalue weighted by Crippen LogP contribution is 2.29. The number of benzene rings is 1. The monoisotopic (exact) mass is 308 g/mol. The van der Waals surface area contributed by atoms with Gasteiger partial charge in [0.15, 0.2) is 11.0 Å². The van der Waals surface area contributed by atoms with Crippen LogP contribution in [0.5, 0.6) is 0 Å². The molecule has 1 aromatic carbocycles. The Morgan fingerprint density at radius 2 is 2.10 bits per heavy atom. The number of rotatable bonds is 4. The highest BCUT2D eigenvalue weighted by atomic mass is 32.2. The van der Waals surface area contributed by atoms with Gasteiger partial charge in [0.05, 0.1) is 11.3 Å². The van der Waals surface area contributed by atoms with Crippen molar-refractivity contribution in [3.63, 3.8) is 0 Å². The predicted octanol–water partition coefficient (Wildman–Crippen LogP) is 2.91. The standard InChI is InChI=1S/C11H8F4N2O2S/c12-6-2-1-3-7-9(6)16-10(20-4-8(18)19)17(7)5-11(13,14)15/h1-3H,4-5H2,(H,18,19). The van der Waals surface area contributed by atoms with E-state index >= 15 is 0 Å². The van der Waals surface area contributed by atoms with Crippen LogP contribution in [0.25, 0.3) is 11.0 Å². The van der Waals surface area contributed by atoms with E-state index in [0.29, 0.717) is 11.8 Å². The van der Waals surface area contributed by atoms with Crippen molar-refractivity contribution in [2.45, 2.75) is 17.9 Å². The fourth-order valence-corrected chi connectivity index (χ4v) is 2.39. The first-order valence-corrected chi connectivity index (χ1v) is 6.32. The lowest BCUT2D eigenvalue weighted by atomic mass is 10.3. The molecule has 0 saturated carbocycles. The molecule has 1 heterocycles. The van der Waals surface area contributed by atoms with E-state index < -0.39 is 30.3 Å². The van der Waals surface area contributed by atoms with Crippen molar-refractivity contribution in [1.82, 2.24) is 9.55 Å². The number of alkyl halides is 3. The zero-order chi connectivity index (χ0) is 14.9. The number of aromatic nitrogens is 2. The van der Waals surface area contributed by atoms with Gasteiger partial charge in [-0.05, 0) is 12.1 Å². The summed E-state index contributed by atoms with van der Waals surface area (Å²) in [5.41, 5.74) is -0.222. The number of imidazole rings is 1. The second-order valence-electron chi connectivity index (χ2n) is 3.89. The molecule has 9 heteroatoms. The number of hydrogen-bond donors (Lipinski definition) is 1. The van der Waals surface area contributed by atoms with Gasteiger partial charge < -0.3 is 9.67 Å². The van der Waals surface area contributed by atoms with Crippen molar-refractivity contribution in [1.29, 1.82) is 0 Å². The largest absolute Gasteiger partial charge is 0.481 e. The van der Waals surface area contributed by atoms with E-state index in [1.807, 2.05) is 0 Å². The van der Waals surface area contributed by atoms with Crippen molar-refractivity contribution in [2.75, 3.05) is 5.75 Å². The molecular weight excluding hydrogens is 300 g/mol. The fraction of sp³-hybridized carbons (Fsp3) is 0.273. The number of carboxylic acids is 1. The number of aliphatic carboxylic acids is 1. The molecule has 1 N–H and O–H groups in total. The Morgan fingerprint density at radius 3 is 2.70 bits per heavy atom. The summed E-state index contributed by atoms with van der Waals surface area (Å²) >= 11 is 0.616. The first kappa shape index (κ1) is 14.6. The van der Waals surface area contributed by atoms with Crippen LogP contribution in [0.3, 0.4) is 0 Å². The summed E-state index contributed by atoms with van der Waals surface area (Å²) in [5, 5.41) is 8.40. The Labute approximate surface area is 114 Å². The van der Waals surface area contributed by atoms with Gasteiger partial charge in [-0.25, -0.2) is 9.37 Å². The number of para-hydroxylation sites is 1. The summed E-state index contributed by atoms with van der Waals surface area (Å²) in [6, 6.07) is 3.67. The number of carbonyl (C=O) groups is 1. The van der Waals surface area contributed by atoms with Crippen LogP contribution in [0.1, 0.15) is 0 Å². The average Bonchev–Trinajstić information content (AvgIpc) is 2.65. The third kappa shape index (κ3) is 3.21. The molecular formula is C11H8F4N2O2S. The number of nitrogens with zero attached hydrogens (tertiary/aromatic N) is 2. The first-order valence-electron chi connectivity index (χ1n) is 5.34. The lowest BCUT2D eigenvalue weighted by Crippen LogP contribution is -2.18. The van der Waals surface area contributed by atoms with E-state index in [4.69, 9.17) is 5.11 Å². The van der Waals surface area contributed by atoms with Crippen LogP contribution in [0.2, 0.25) is 0 Å². The Hall–Kier alpha value is -1.77. The molecule has 108 valence electrons. The first-order chi connectivity index (χ1) is 9.28. The minimum atomic E-state index is -4.52. The molecule has 4 nitrogen and oxygen atoms in total. The molecule has 2 aromatic rings. The maximum Gasteiger partial charge on any atom is 0.406 e. The van der Waals surface area contributed by atoms with Gasteiger partial charge in [-0.1, -0.05) is 17.8 Å². The van der Waals surface area contributed by atoms with Crippen LogP contribution < -0.4 is 0 Å². The number of fused-ring (bicyclic) bond motifs is 1. The molecule has 20 heavy (non-hydrogen) atoms. The fourth-order valence-electron chi connectivity index (χ4n) is 1.66. The van der Waals surface area contributed by atoms with Crippen molar-refractivity contribution in [3.05, 3.63) is 24.0 Å². The van der Waals surface area contributed by atoms with Gasteiger partial charge in [-0.2, -0.15) is 13.2 Å². The Morgan fingerprint density at radius 1 is 1.40 bits per heavy atom. The van der Waals surface area contributed by atoms with E-state index in [1.54, 1.807) is 0 Å². The third-order valence-corrected chi connectivity index (χ3v) is 3.32. The van der Waals surface area contributed by atoms with Crippen molar-refractivity contribution < 1.29 is 27.5 Å². The quantitative estimate of drug-likeness (QED) is 0.697. The molecule has 2 rings (SSSR count). The average molecular weight is 308 g/mol. The third-order valence-electron chi connectivity index (χ3n) is 2.36. The Balaban J connectivity index is 2.50. The summed E-state index contributed by atoms with van der Waals surface area (Å²) in [5.74, 6) is -2.40. The van der Waals surface area contributed by atoms with E-state index in [2.05, 4.69) is 4.98 Å². The summed E-state index contributed by atoms with van der Waals surface area (Å²) < 4.78 is 52.0. The molecule has 0 aliphatic heterocycles. The molecule has 0 radical (unpaired) electrons. The van der Waals surface area contributed by atoms with Crippen LogP contribution in [-0.2, 0) is 11.3 Å². The lowest BCUT2D eigenvalue weighted by Gasteiger charge is -2.11. The highest BCUT2D eigenvalue weighted by Gasteiger charge is 2.30. The molecule has 0 atom stereocenters. The molecule has 0 amide bonds. The summed E-state index contributed by atoms with van der Waals surface area (Å²) in [6.07, 6.45) is -4.52. The van der Waals surface area contributed by atoms with Gasteiger partial charge in [0.2, 0.25) is 0 Å². The molecule has 0 unspecified atom stereocenters. The summed E-state index contributed by atoms with van der Waals surface area (Å²) in [6.45, 7) is -1.35. The second-order valence-corrected chi connectivity index (χ2v) is 4.83. The van der Waals surface area contributed by atoms with Crippen molar-refractivity contribution in [3.8, 4) is 0 Å². The Bertz CT molecular complexity index is 654. The van der Waals surface area contributed by atoms with Gasteiger partial charge in [-0.15, -0.1) is 0 Å². The number of halogens is 4. The number of carboxylic acid groups (broad SMARTS) is 1. The van der Waals surface area contributed by atoms with Gasteiger partial charge in [-0.3, -0.25) is 4.79 Å². The number of thioether (sulfide) groups is 1. The highest BCUT2D eigenvalue weighted by molar-refractivity contribution is 7.99. The Kier molecular flexibility index (Phi) is 3.89. The molecule has 0 saturated heterocycles. The van der Waals surface area contributed by atoms with E-state index in [1.165, 1.54) is 12.1 Å². The minimum Gasteiger partial charge on any atom is -0.481 e. The van der Waals surface area contributed by atoms with Crippen LogP contribution in [0, 0.1) is 5.82 Å². The van der Waals surface area contributed by atoms with Crippen molar-refractivity contribution in [2.24, 2.45) is 0 Å². The van der Waals surface area contributed by atoms with Gasteiger partial charge in [0, 0.05) is 0 Å². The maximum atomic E-state index is 13.5. The normalized spacial score (nSPS) is 12.0. The SMILES string of the molecule is O=C(O)CSc1nc2c(F)cccc2n1CC(F)(F)F. The van der Waals surface area contributed by atoms with Gasteiger partial charge in [0.1, 0.15) is 12.1 Å².